The summed E-state index contributed by atoms with van der Waals surface area (Å²) in [7, 11) is -2.85. The zero-order valence-corrected chi connectivity index (χ0v) is 39.7. The molecular formula is C43H41Cl2FN10O10S2. The van der Waals surface area contributed by atoms with E-state index >= 15 is 0 Å². The normalized spacial score (nSPS) is 13.6. The summed E-state index contributed by atoms with van der Waals surface area (Å²) in [6, 6.07) is 14.4. The number of nitrogens with one attached hydrogen (secondary N) is 2. The molecule has 68 heavy (non-hydrogen) atoms. The first-order valence-electron chi connectivity index (χ1n) is 20.0. The van der Waals surface area contributed by atoms with Gasteiger partial charge in [0.05, 0.1) is 30.2 Å². The van der Waals surface area contributed by atoms with Crippen molar-refractivity contribution < 1.29 is 51.2 Å². The summed E-state index contributed by atoms with van der Waals surface area (Å²) in [6.07, 6.45) is 7.82. The fourth-order valence-corrected chi connectivity index (χ4v) is 8.57. The van der Waals surface area contributed by atoms with Gasteiger partial charge in [0.1, 0.15) is 51.6 Å². The van der Waals surface area contributed by atoms with Crippen LogP contribution in [0.4, 0.5) is 26.5 Å². The number of benzene rings is 3. The highest BCUT2D eigenvalue weighted by atomic mass is 35.5. The van der Waals surface area contributed by atoms with Crippen molar-refractivity contribution in [3.05, 3.63) is 94.2 Å². The van der Waals surface area contributed by atoms with Crippen LogP contribution in [-0.4, -0.2) is 99.7 Å². The van der Waals surface area contributed by atoms with E-state index < -0.39 is 34.4 Å². The third-order valence-corrected chi connectivity index (χ3v) is 11.9. The summed E-state index contributed by atoms with van der Waals surface area (Å²) in [5.41, 5.74) is 1.24. The molecule has 8 rings (SSSR count). The van der Waals surface area contributed by atoms with Crippen LogP contribution in [0, 0.1) is 30.5 Å². The lowest BCUT2D eigenvalue weighted by Gasteiger charge is -2.28. The predicted molar refractivity (Wildman–Crippen MR) is 249 cm³/mol. The molecule has 0 saturated heterocycles. The van der Waals surface area contributed by atoms with Crippen LogP contribution in [0.5, 0.6) is 23.3 Å². The molecule has 2 aliphatic heterocycles. The fraction of sp³-hybridized carbons (Fsp3) is 0.279. The van der Waals surface area contributed by atoms with Crippen molar-refractivity contribution in [1.82, 2.24) is 33.6 Å². The average Bonchev–Trinajstić information content (AvgIpc) is 3.81. The van der Waals surface area contributed by atoms with E-state index in [1.54, 1.807) is 43.5 Å². The predicted octanol–water partition coefficient (Wildman–Crippen LogP) is 5.93. The van der Waals surface area contributed by atoms with Crippen LogP contribution in [0.1, 0.15) is 25.5 Å². The summed E-state index contributed by atoms with van der Waals surface area (Å²) in [4.78, 5) is 56.4. The van der Waals surface area contributed by atoms with Gasteiger partial charge in [-0.1, -0.05) is 43.5 Å². The van der Waals surface area contributed by atoms with Gasteiger partial charge in [-0.05, 0) is 54.8 Å². The topological polar surface area (TPSA) is 252 Å². The molecule has 20 nitrogen and oxygen atoms in total. The number of nitrogens with zero attached hydrogens (tertiary/aromatic N) is 8. The number of aliphatic carboxylic acids is 1. The highest BCUT2D eigenvalue weighted by molar-refractivity contribution is 7.90. The molecule has 2 aliphatic rings. The molecule has 356 valence electrons. The molecular weight excluding hydrogens is 971 g/mol. The molecule has 0 spiro atoms. The number of amides is 3. The highest BCUT2D eigenvalue weighted by Gasteiger charge is 2.31. The van der Waals surface area contributed by atoms with Crippen molar-refractivity contribution in [2.24, 2.45) is 10.4 Å². The SMILES string of the molecule is C#CCN1C(=O)COc2cc(F)c(/N=c3\snc4n3CC(C)(C)C4)cc21.COc1nc(C)nc(NC(=O)NS(=O)(=O)c2ccccc2OCCCl)n1.O=C(O)COc1ccc(Cl)c2cccnc12. The number of hydrogen-bond acceptors (Lipinski definition) is 16. The van der Waals surface area contributed by atoms with Gasteiger partial charge < -0.3 is 28.6 Å². The third-order valence-electron chi connectivity index (χ3n) is 9.30. The maximum atomic E-state index is 14.5. The van der Waals surface area contributed by atoms with Crippen LogP contribution in [-0.2, 0) is 32.6 Å². The number of methoxy groups -OCH3 is 1. The Hall–Kier alpha value is -7.13. The lowest BCUT2D eigenvalue weighted by Crippen LogP contribution is -2.39. The average molecular weight is 1010 g/mol. The van der Waals surface area contributed by atoms with Gasteiger partial charge in [-0.2, -0.15) is 19.3 Å². The molecule has 25 heteroatoms. The van der Waals surface area contributed by atoms with E-state index in [-0.39, 0.29) is 71.1 Å². The van der Waals surface area contributed by atoms with Gasteiger partial charge in [0.25, 0.3) is 15.9 Å². The minimum absolute atomic E-state index is 0.0181. The van der Waals surface area contributed by atoms with Crippen molar-refractivity contribution >= 4 is 90.9 Å². The molecule has 0 aliphatic carbocycles. The summed E-state index contributed by atoms with van der Waals surface area (Å²) in [5, 5.41) is 12.0. The number of anilines is 2. The van der Waals surface area contributed by atoms with E-state index in [4.69, 9.17) is 53.7 Å². The first-order valence-corrected chi connectivity index (χ1v) is 23.1. The second-order valence-corrected chi connectivity index (χ2v) is 18.2. The first-order chi connectivity index (χ1) is 32.4. The Morgan fingerprint density at radius 2 is 1.88 bits per heavy atom. The van der Waals surface area contributed by atoms with Crippen LogP contribution in [0.2, 0.25) is 5.02 Å². The number of carbonyl (C=O) groups excluding carboxylic acids is 2. The number of carboxylic acids is 1. The van der Waals surface area contributed by atoms with E-state index in [2.05, 4.69) is 54.4 Å². The molecule has 0 bridgehead atoms. The third kappa shape index (κ3) is 12.6. The number of fused-ring (bicyclic) bond motifs is 3. The molecule has 0 radical (unpaired) electrons. The Bertz CT molecular complexity index is 3090. The lowest BCUT2D eigenvalue weighted by atomic mass is 9.92. The molecule has 3 aromatic heterocycles. The zero-order valence-electron chi connectivity index (χ0n) is 36.5. The minimum Gasteiger partial charge on any atom is -0.491 e. The molecule has 5 heterocycles. The van der Waals surface area contributed by atoms with Gasteiger partial charge in [0.15, 0.2) is 19.0 Å². The largest absolute Gasteiger partial charge is 0.491 e. The lowest BCUT2D eigenvalue weighted by molar-refractivity contribution is -0.139. The number of carboxylic acid groups (broad SMARTS) is 1. The van der Waals surface area contributed by atoms with E-state index in [0.29, 0.717) is 32.5 Å². The van der Waals surface area contributed by atoms with Crippen molar-refractivity contribution in [2.45, 2.75) is 38.6 Å². The zero-order chi connectivity index (χ0) is 49.2. The molecule has 6 aromatic rings. The Morgan fingerprint density at radius 1 is 1.10 bits per heavy atom. The number of para-hydroxylation sites is 1. The number of halogens is 3. The number of carbonyl (C=O) groups is 3. The molecule has 0 unspecified atom stereocenters. The number of terminal acetylenes is 1. The molecule has 3 amide bonds. The van der Waals surface area contributed by atoms with Gasteiger partial charge in [-0.15, -0.1) is 18.0 Å². The van der Waals surface area contributed by atoms with Gasteiger partial charge in [-0.25, -0.2) is 32.1 Å². The molecule has 0 saturated carbocycles. The van der Waals surface area contributed by atoms with Crippen LogP contribution in [0.25, 0.3) is 10.9 Å². The van der Waals surface area contributed by atoms with Crippen molar-refractivity contribution in [1.29, 1.82) is 0 Å². The monoisotopic (exact) mass is 1010 g/mol. The number of sulfonamides is 1. The van der Waals surface area contributed by atoms with E-state index in [1.807, 2.05) is 9.29 Å². The highest BCUT2D eigenvalue weighted by Crippen LogP contribution is 2.38. The number of hydrogen-bond donors (Lipinski definition) is 3. The molecule has 0 atom stereocenters. The Morgan fingerprint density at radius 3 is 2.62 bits per heavy atom. The van der Waals surface area contributed by atoms with Crippen LogP contribution < -0.4 is 38.7 Å². The smallest absolute Gasteiger partial charge is 0.341 e. The molecule has 3 N–H and O–H groups in total. The summed E-state index contributed by atoms with van der Waals surface area (Å²) < 4.78 is 68.3. The summed E-state index contributed by atoms with van der Waals surface area (Å²) >= 11 is 12.8. The van der Waals surface area contributed by atoms with Gasteiger partial charge in [-0.3, -0.25) is 20.0 Å². The van der Waals surface area contributed by atoms with Crippen LogP contribution in [0.15, 0.2) is 76.7 Å². The van der Waals surface area contributed by atoms with E-state index in [0.717, 1.165) is 24.2 Å². The molecule has 3 aromatic carbocycles. The fourth-order valence-electron chi connectivity index (χ4n) is 6.46. The number of alkyl halides is 1. The number of aryl methyl sites for hydroxylation is 1. The number of rotatable bonds is 12. The van der Waals surface area contributed by atoms with Gasteiger partial charge in [0, 0.05) is 42.1 Å². The van der Waals surface area contributed by atoms with E-state index in [1.165, 1.54) is 53.9 Å². The Balaban J connectivity index is 0.000000173. The van der Waals surface area contributed by atoms with Crippen molar-refractivity contribution in [3.63, 3.8) is 0 Å². The number of aromatic nitrogens is 6. The Labute approximate surface area is 402 Å². The van der Waals surface area contributed by atoms with Crippen LogP contribution >= 0.6 is 34.7 Å². The minimum atomic E-state index is -4.20. The number of ether oxygens (including phenoxy) is 4. The quantitative estimate of drug-likeness (QED) is 0.0950. The summed E-state index contributed by atoms with van der Waals surface area (Å²) in [5.74, 6) is 2.70. The van der Waals surface area contributed by atoms with Crippen molar-refractivity contribution in [3.8, 4) is 35.6 Å². The van der Waals surface area contributed by atoms with Crippen LogP contribution in [0.3, 0.4) is 0 Å². The van der Waals surface area contributed by atoms with Gasteiger partial charge in [0.2, 0.25) is 10.7 Å². The summed E-state index contributed by atoms with van der Waals surface area (Å²) in [6.45, 7) is 6.34. The standard InChI is InChI=1S/C18H17FN4O2S.C14H16ClN5O5S.C11H8ClNO3/c1-4-5-22-13-7-12(11(19)6-14(13)25-9-16(22)24)20-17-23-10-18(2,3)8-15(23)21-26-17;1-9-16-12(19-14(17-9)24-2)18-13(21)20-26(22,23)11-6-4-3-5-10(11)25-8-7-15;12-8-3-4-9(16-6-10(14)15)11-7(8)2-1-5-13-11/h1,6-7H,5,8-10H2,2-3H3;3-6H,7-8H2,1-2H3,(H2,16,17,18,19,20,21);1-5H,6H2,(H,14,15)/b20-17-;;. The Kier molecular flexibility index (Phi) is 16.4. The maximum Gasteiger partial charge on any atom is 0.341 e. The number of urea groups is 1. The first kappa shape index (κ1) is 50.3. The molecule has 0 fully saturated rings. The second kappa shape index (κ2) is 22.1. The maximum absolute atomic E-state index is 14.5. The van der Waals surface area contributed by atoms with Gasteiger partial charge >= 0.3 is 18.0 Å². The van der Waals surface area contributed by atoms with Crippen molar-refractivity contribution in [2.75, 3.05) is 49.6 Å². The number of pyridine rings is 1. The second-order valence-electron chi connectivity index (χ2n) is 15.0. The van der Waals surface area contributed by atoms with E-state index in [9.17, 15) is 27.2 Å².